The van der Waals surface area contributed by atoms with E-state index in [0.29, 0.717) is 15.2 Å². The third-order valence-corrected chi connectivity index (χ3v) is 4.88. The van der Waals surface area contributed by atoms with Crippen LogP contribution in [0.2, 0.25) is 0 Å². The molecule has 1 aliphatic rings. The topological polar surface area (TPSA) is 50.5 Å². The molecule has 1 saturated heterocycles. The zero-order valence-corrected chi connectivity index (χ0v) is 12.5. The molecule has 8 heteroatoms. The summed E-state index contributed by atoms with van der Waals surface area (Å²) in [6.07, 6.45) is 0. The van der Waals surface area contributed by atoms with E-state index >= 15 is 0 Å². The van der Waals surface area contributed by atoms with Crippen molar-refractivity contribution in [1.29, 1.82) is 0 Å². The normalized spacial score (nSPS) is 20.4. The van der Waals surface area contributed by atoms with Gasteiger partial charge in [0.05, 0.1) is 12.2 Å². The Morgan fingerprint density at radius 2 is 2.12 bits per heavy atom. The number of rotatable bonds is 1. The van der Waals surface area contributed by atoms with Crippen LogP contribution in [0.5, 0.6) is 0 Å². The molecule has 0 unspecified atom stereocenters. The van der Waals surface area contributed by atoms with Crippen LogP contribution in [0.3, 0.4) is 0 Å². The third-order valence-electron chi connectivity index (χ3n) is 1.87. The molecule has 0 aromatic rings. The summed E-state index contributed by atoms with van der Waals surface area (Å²) < 4.78 is 6.65. The molecule has 0 bridgehead atoms. The molecule has 1 rings (SSSR count). The lowest BCUT2D eigenvalue weighted by atomic mass is 10.1. The standard InChI is InChI=1S/C8H15N3OS4/c1-8(2)5-11(3-4-12-8)10-7(14)16-15-6(9)13/h3-5H2,1-2H3,(H2,9,13)(H,10,14). The lowest BCUT2D eigenvalue weighted by Crippen LogP contribution is -2.54. The number of hydrazine groups is 1. The first-order valence-electron chi connectivity index (χ1n) is 4.72. The quantitative estimate of drug-likeness (QED) is 0.558. The largest absolute Gasteiger partial charge is 0.384 e. The molecule has 0 radical (unpaired) electrons. The van der Waals surface area contributed by atoms with Gasteiger partial charge in [0.25, 0.3) is 0 Å². The van der Waals surface area contributed by atoms with Gasteiger partial charge in [0.15, 0.2) is 4.32 Å². The summed E-state index contributed by atoms with van der Waals surface area (Å²) >= 11 is 9.92. The molecule has 0 amide bonds. The van der Waals surface area contributed by atoms with Gasteiger partial charge in [0.2, 0.25) is 0 Å². The first-order chi connectivity index (χ1) is 7.39. The number of hydrogen-bond acceptors (Lipinski definition) is 6. The predicted octanol–water partition coefficient (Wildman–Crippen LogP) is 1.51. The fourth-order valence-corrected chi connectivity index (χ4v) is 2.99. The Kier molecular flexibility index (Phi) is 5.75. The van der Waals surface area contributed by atoms with Crippen molar-refractivity contribution in [2.45, 2.75) is 19.4 Å². The van der Waals surface area contributed by atoms with Crippen LogP contribution in [0.15, 0.2) is 0 Å². The number of ether oxygens (including phenoxy) is 1. The average molecular weight is 297 g/mol. The van der Waals surface area contributed by atoms with Gasteiger partial charge >= 0.3 is 0 Å². The van der Waals surface area contributed by atoms with Gasteiger partial charge in [-0.1, -0.05) is 24.4 Å². The number of nitrogens with zero attached hydrogens (tertiary/aromatic N) is 1. The van der Waals surface area contributed by atoms with Gasteiger partial charge < -0.3 is 15.9 Å². The number of thiocarbonyl (C=S) groups is 2. The molecule has 0 aromatic carbocycles. The highest BCUT2D eigenvalue weighted by atomic mass is 33.1. The van der Waals surface area contributed by atoms with Gasteiger partial charge in [0.1, 0.15) is 4.32 Å². The average Bonchev–Trinajstić information content (AvgIpc) is 2.13. The lowest BCUT2D eigenvalue weighted by Gasteiger charge is -2.38. The van der Waals surface area contributed by atoms with Crippen LogP contribution in [0.4, 0.5) is 0 Å². The molecular weight excluding hydrogens is 282 g/mol. The van der Waals surface area contributed by atoms with Gasteiger partial charge in [-0.3, -0.25) is 0 Å². The molecule has 0 spiro atoms. The Morgan fingerprint density at radius 1 is 1.44 bits per heavy atom. The number of morpholine rings is 1. The van der Waals surface area contributed by atoms with Crippen molar-refractivity contribution in [3.05, 3.63) is 0 Å². The van der Waals surface area contributed by atoms with E-state index < -0.39 is 0 Å². The van der Waals surface area contributed by atoms with Crippen LogP contribution >= 0.6 is 46.0 Å². The SMILES string of the molecule is CC1(C)CN(NC(=S)SSC(N)=S)CCO1. The first kappa shape index (κ1) is 14.5. The van der Waals surface area contributed by atoms with E-state index in [1.807, 2.05) is 0 Å². The van der Waals surface area contributed by atoms with Crippen molar-refractivity contribution in [3.8, 4) is 0 Å². The molecule has 1 aliphatic heterocycles. The van der Waals surface area contributed by atoms with Gasteiger partial charge in [-0.2, -0.15) is 0 Å². The number of nitrogens with two attached hydrogens (primary N) is 1. The summed E-state index contributed by atoms with van der Waals surface area (Å²) in [5.41, 5.74) is 8.37. The van der Waals surface area contributed by atoms with Crippen molar-refractivity contribution in [1.82, 2.24) is 10.4 Å². The van der Waals surface area contributed by atoms with Crippen LogP contribution in [0.1, 0.15) is 13.8 Å². The van der Waals surface area contributed by atoms with Crippen molar-refractivity contribution in [2.24, 2.45) is 5.73 Å². The Morgan fingerprint density at radius 3 is 2.69 bits per heavy atom. The van der Waals surface area contributed by atoms with E-state index in [9.17, 15) is 0 Å². The van der Waals surface area contributed by atoms with E-state index in [1.165, 1.54) is 21.6 Å². The monoisotopic (exact) mass is 297 g/mol. The third kappa shape index (κ3) is 5.65. The molecule has 0 saturated carbocycles. The molecular formula is C8H15N3OS4. The van der Waals surface area contributed by atoms with E-state index in [1.54, 1.807) is 0 Å². The lowest BCUT2D eigenvalue weighted by molar-refractivity contribution is -0.0933. The van der Waals surface area contributed by atoms with Gasteiger partial charge in [-0.05, 0) is 35.4 Å². The summed E-state index contributed by atoms with van der Waals surface area (Å²) in [7, 11) is 2.66. The maximum absolute atomic E-state index is 5.60. The molecule has 4 nitrogen and oxygen atoms in total. The van der Waals surface area contributed by atoms with Crippen LogP contribution in [-0.2, 0) is 4.74 Å². The van der Waals surface area contributed by atoms with Crippen LogP contribution in [-0.4, -0.2) is 38.9 Å². The highest BCUT2D eigenvalue weighted by Gasteiger charge is 2.27. The minimum absolute atomic E-state index is 0.137. The van der Waals surface area contributed by atoms with Crippen molar-refractivity contribution in [2.75, 3.05) is 19.7 Å². The minimum atomic E-state index is -0.137. The van der Waals surface area contributed by atoms with Crippen molar-refractivity contribution in [3.63, 3.8) is 0 Å². The van der Waals surface area contributed by atoms with E-state index in [4.69, 9.17) is 34.9 Å². The molecule has 0 atom stereocenters. The Balaban J connectivity index is 2.31. The summed E-state index contributed by atoms with van der Waals surface area (Å²) in [5, 5.41) is 2.05. The molecule has 1 fully saturated rings. The molecule has 0 aromatic heterocycles. The predicted molar refractivity (Wildman–Crippen MR) is 79.3 cm³/mol. The number of nitrogens with one attached hydrogen (secondary N) is 1. The second-order valence-electron chi connectivity index (χ2n) is 3.91. The van der Waals surface area contributed by atoms with Gasteiger partial charge in [-0.15, -0.1) is 0 Å². The summed E-state index contributed by atoms with van der Waals surface area (Å²) in [5.74, 6) is 0. The Hall–Kier alpha value is 0.400. The van der Waals surface area contributed by atoms with Crippen molar-refractivity contribution >= 4 is 54.7 Å². The fourth-order valence-electron chi connectivity index (χ4n) is 1.34. The first-order valence-corrected chi connectivity index (χ1v) is 7.69. The van der Waals surface area contributed by atoms with Gasteiger partial charge in [0, 0.05) is 13.1 Å². The highest BCUT2D eigenvalue weighted by molar-refractivity contribution is 8.89. The van der Waals surface area contributed by atoms with Crippen molar-refractivity contribution < 1.29 is 4.74 Å². The van der Waals surface area contributed by atoms with Crippen LogP contribution < -0.4 is 11.2 Å². The zero-order valence-electron chi connectivity index (χ0n) is 9.19. The molecule has 0 aliphatic carbocycles. The smallest absolute Gasteiger partial charge is 0.159 e. The fraction of sp³-hybridized carbons (Fsp3) is 0.750. The maximum atomic E-state index is 5.60. The summed E-state index contributed by atoms with van der Waals surface area (Å²) in [4.78, 5) is 0. The number of hydrogen-bond donors (Lipinski definition) is 2. The maximum Gasteiger partial charge on any atom is 0.159 e. The molecule has 16 heavy (non-hydrogen) atoms. The van der Waals surface area contributed by atoms with Gasteiger partial charge in [-0.25, -0.2) is 5.01 Å². The summed E-state index contributed by atoms with van der Waals surface area (Å²) in [6.45, 7) is 6.44. The second-order valence-corrected chi connectivity index (χ2v) is 7.46. The summed E-state index contributed by atoms with van der Waals surface area (Å²) in [6, 6.07) is 0. The van der Waals surface area contributed by atoms with E-state index in [-0.39, 0.29) is 5.60 Å². The second kappa shape index (κ2) is 6.36. The van der Waals surface area contributed by atoms with Crippen LogP contribution in [0.25, 0.3) is 0 Å². The van der Waals surface area contributed by atoms with Crippen LogP contribution in [0, 0.1) is 0 Å². The highest BCUT2D eigenvalue weighted by Crippen LogP contribution is 2.22. The Bertz CT molecular complexity index is 284. The molecule has 3 N–H and O–H groups in total. The zero-order chi connectivity index (χ0) is 12.2. The Labute approximate surface area is 114 Å². The van der Waals surface area contributed by atoms with E-state index in [0.717, 1.165) is 13.1 Å². The minimum Gasteiger partial charge on any atom is -0.384 e. The van der Waals surface area contributed by atoms with E-state index in [2.05, 4.69) is 24.3 Å². The molecule has 1 heterocycles. The molecule has 92 valence electrons.